The molecule has 2 aliphatic heterocycles. The molecule has 3 rings (SSSR count). The van der Waals surface area contributed by atoms with Gasteiger partial charge in [-0.25, -0.2) is 4.79 Å². The maximum atomic E-state index is 11.7. The zero-order valence-corrected chi connectivity index (χ0v) is 13.1. The van der Waals surface area contributed by atoms with Crippen molar-refractivity contribution in [2.45, 2.75) is 31.8 Å². The second-order valence-corrected chi connectivity index (χ2v) is 6.36. The Balaban J connectivity index is 1.59. The van der Waals surface area contributed by atoms with Crippen molar-refractivity contribution < 1.29 is 4.79 Å². The number of likely N-dealkylation sites (tertiary alicyclic amines) is 1. The Morgan fingerprint density at radius 3 is 2.67 bits per heavy atom. The molecule has 0 radical (unpaired) electrons. The summed E-state index contributed by atoms with van der Waals surface area (Å²) in [6.45, 7) is 5.93. The highest BCUT2D eigenvalue weighted by Crippen LogP contribution is 2.27. The lowest BCUT2D eigenvalue weighted by molar-refractivity contribution is 0.111. The van der Waals surface area contributed by atoms with E-state index in [1.165, 1.54) is 5.56 Å². The highest BCUT2D eigenvalue weighted by molar-refractivity contribution is 6.30. The molecule has 1 aromatic carbocycles. The SMILES string of the molecule is C[C@@H](c1cccc(Cl)c1)N1CCC(N2CCNC2=O)CC1. The third-order valence-electron chi connectivity index (χ3n) is 4.71. The zero-order valence-electron chi connectivity index (χ0n) is 12.4. The van der Waals surface area contributed by atoms with Gasteiger partial charge in [-0.2, -0.15) is 0 Å². The summed E-state index contributed by atoms with van der Waals surface area (Å²) in [5, 5.41) is 3.69. The van der Waals surface area contributed by atoms with Crippen molar-refractivity contribution in [3.05, 3.63) is 34.9 Å². The number of hydrogen-bond acceptors (Lipinski definition) is 2. The van der Waals surface area contributed by atoms with Gasteiger partial charge in [0.05, 0.1) is 0 Å². The van der Waals surface area contributed by atoms with Gasteiger partial charge in [0.2, 0.25) is 0 Å². The topological polar surface area (TPSA) is 35.6 Å². The molecule has 0 aromatic heterocycles. The second-order valence-electron chi connectivity index (χ2n) is 5.92. The van der Waals surface area contributed by atoms with E-state index in [-0.39, 0.29) is 6.03 Å². The van der Waals surface area contributed by atoms with Gasteiger partial charge in [0.1, 0.15) is 0 Å². The molecule has 0 aliphatic carbocycles. The van der Waals surface area contributed by atoms with Gasteiger partial charge >= 0.3 is 6.03 Å². The number of nitrogens with one attached hydrogen (secondary N) is 1. The van der Waals surface area contributed by atoms with E-state index in [0.29, 0.717) is 12.1 Å². The number of piperidine rings is 1. The van der Waals surface area contributed by atoms with E-state index in [0.717, 1.165) is 44.0 Å². The molecule has 0 saturated carbocycles. The largest absolute Gasteiger partial charge is 0.336 e. The second kappa shape index (κ2) is 6.24. The van der Waals surface area contributed by atoms with Gasteiger partial charge in [0.25, 0.3) is 0 Å². The fourth-order valence-corrected chi connectivity index (χ4v) is 3.60. The standard InChI is InChI=1S/C16H22ClN3O/c1-12(13-3-2-4-14(17)11-13)19-8-5-15(6-9-19)20-10-7-18-16(20)21/h2-4,11-12,15H,5-10H2,1H3,(H,18,21)/t12-/m0/s1. The molecule has 1 aromatic rings. The van der Waals surface area contributed by atoms with Crippen molar-refractivity contribution in [2.24, 2.45) is 0 Å². The summed E-state index contributed by atoms with van der Waals surface area (Å²) in [4.78, 5) is 16.2. The van der Waals surface area contributed by atoms with Crippen molar-refractivity contribution in [3.8, 4) is 0 Å². The van der Waals surface area contributed by atoms with Crippen LogP contribution in [0.4, 0.5) is 4.79 Å². The number of carbonyl (C=O) groups is 1. The number of rotatable bonds is 3. The Morgan fingerprint density at radius 1 is 1.29 bits per heavy atom. The summed E-state index contributed by atoms with van der Waals surface area (Å²) in [7, 11) is 0. The minimum Gasteiger partial charge on any atom is -0.336 e. The zero-order chi connectivity index (χ0) is 14.8. The Kier molecular flexibility index (Phi) is 4.36. The van der Waals surface area contributed by atoms with Crippen molar-refractivity contribution in [2.75, 3.05) is 26.2 Å². The molecule has 0 unspecified atom stereocenters. The van der Waals surface area contributed by atoms with Crippen LogP contribution >= 0.6 is 11.6 Å². The summed E-state index contributed by atoms with van der Waals surface area (Å²) >= 11 is 6.08. The van der Waals surface area contributed by atoms with Crippen LogP contribution in [0.25, 0.3) is 0 Å². The first-order chi connectivity index (χ1) is 10.1. The average Bonchev–Trinajstić information content (AvgIpc) is 2.93. The smallest absolute Gasteiger partial charge is 0.317 e. The molecule has 2 fully saturated rings. The first-order valence-corrected chi connectivity index (χ1v) is 8.07. The molecule has 0 bridgehead atoms. The van der Waals surface area contributed by atoms with Gasteiger partial charge < -0.3 is 10.2 Å². The van der Waals surface area contributed by atoms with E-state index >= 15 is 0 Å². The highest BCUT2D eigenvalue weighted by Gasteiger charge is 2.31. The predicted molar refractivity (Wildman–Crippen MR) is 84.6 cm³/mol. The number of urea groups is 1. The molecular formula is C16H22ClN3O. The molecule has 114 valence electrons. The first kappa shape index (κ1) is 14.7. The van der Waals surface area contributed by atoms with Gasteiger partial charge in [-0.3, -0.25) is 4.90 Å². The predicted octanol–water partition coefficient (Wildman–Crippen LogP) is 2.89. The monoisotopic (exact) mass is 307 g/mol. The maximum absolute atomic E-state index is 11.7. The lowest BCUT2D eigenvalue weighted by Gasteiger charge is -2.39. The third-order valence-corrected chi connectivity index (χ3v) is 4.94. The lowest BCUT2D eigenvalue weighted by atomic mass is 9.99. The summed E-state index contributed by atoms with van der Waals surface area (Å²) in [6.07, 6.45) is 2.11. The van der Waals surface area contributed by atoms with Crippen LogP contribution in [0.3, 0.4) is 0 Å². The molecule has 0 spiro atoms. The Labute approximate surface area is 131 Å². The normalized spacial score (nSPS) is 22.4. The minimum atomic E-state index is 0.108. The maximum Gasteiger partial charge on any atom is 0.317 e. The molecule has 2 aliphatic rings. The van der Waals surface area contributed by atoms with Crippen LogP contribution in [0.15, 0.2) is 24.3 Å². The van der Waals surface area contributed by atoms with Crippen LogP contribution in [-0.2, 0) is 0 Å². The number of nitrogens with zero attached hydrogens (tertiary/aromatic N) is 2. The highest BCUT2D eigenvalue weighted by atomic mass is 35.5. The van der Waals surface area contributed by atoms with Gasteiger partial charge in [0, 0.05) is 43.3 Å². The van der Waals surface area contributed by atoms with Gasteiger partial charge in [0.15, 0.2) is 0 Å². The van der Waals surface area contributed by atoms with Crippen LogP contribution in [0.2, 0.25) is 5.02 Å². The molecule has 2 heterocycles. The van der Waals surface area contributed by atoms with Crippen LogP contribution in [0.1, 0.15) is 31.4 Å². The van der Waals surface area contributed by atoms with E-state index < -0.39 is 0 Å². The molecule has 5 heteroatoms. The van der Waals surface area contributed by atoms with Crippen molar-refractivity contribution in [3.63, 3.8) is 0 Å². The molecule has 21 heavy (non-hydrogen) atoms. The van der Waals surface area contributed by atoms with Crippen LogP contribution < -0.4 is 5.32 Å². The summed E-state index contributed by atoms with van der Waals surface area (Å²) in [5.41, 5.74) is 1.26. The van der Waals surface area contributed by atoms with Crippen LogP contribution in [0, 0.1) is 0 Å². The molecule has 1 atom stereocenters. The van der Waals surface area contributed by atoms with E-state index in [1.807, 2.05) is 23.1 Å². The van der Waals surface area contributed by atoms with Crippen LogP contribution in [0.5, 0.6) is 0 Å². The number of halogens is 1. The summed E-state index contributed by atoms with van der Waals surface area (Å²) in [6, 6.07) is 8.98. The van der Waals surface area contributed by atoms with E-state index in [2.05, 4.69) is 23.2 Å². The average molecular weight is 308 g/mol. The lowest BCUT2D eigenvalue weighted by Crippen LogP contribution is -2.46. The van der Waals surface area contributed by atoms with Gasteiger partial charge in [-0.1, -0.05) is 23.7 Å². The number of carbonyl (C=O) groups excluding carboxylic acids is 1. The van der Waals surface area contributed by atoms with E-state index in [4.69, 9.17) is 11.6 Å². The van der Waals surface area contributed by atoms with Crippen molar-refractivity contribution >= 4 is 17.6 Å². The van der Waals surface area contributed by atoms with Crippen LogP contribution in [-0.4, -0.2) is 48.1 Å². The molecule has 1 N–H and O–H groups in total. The number of amides is 2. The Morgan fingerprint density at radius 2 is 2.05 bits per heavy atom. The fraction of sp³-hybridized carbons (Fsp3) is 0.562. The van der Waals surface area contributed by atoms with Gasteiger partial charge in [-0.15, -0.1) is 0 Å². The van der Waals surface area contributed by atoms with E-state index in [1.54, 1.807) is 0 Å². The molecular weight excluding hydrogens is 286 g/mol. The molecule has 2 saturated heterocycles. The van der Waals surface area contributed by atoms with Gasteiger partial charge in [-0.05, 0) is 37.5 Å². The Hall–Kier alpha value is -1.26. The quantitative estimate of drug-likeness (QED) is 0.932. The summed E-state index contributed by atoms with van der Waals surface area (Å²) in [5.74, 6) is 0. The Bertz CT molecular complexity index is 514. The molecule has 4 nitrogen and oxygen atoms in total. The summed E-state index contributed by atoms with van der Waals surface area (Å²) < 4.78 is 0. The fourth-order valence-electron chi connectivity index (χ4n) is 3.40. The first-order valence-electron chi connectivity index (χ1n) is 7.69. The minimum absolute atomic E-state index is 0.108. The van der Waals surface area contributed by atoms with Crippen molar-refractivity contribution in [1.82, 2.24) is 15.1 Å². The van der Waals surface area contributed by atoms with E-state index in [9.17, 15) is 4.79 Å². The van der Waals surface area contributed by atoms with Crippen molar-refractivity contribution in [1.29, 1.82) is 0 Å². The third kappa shape index (κ3) is 3.16. The number of hydrogen-bond donors (Lipinski definition) is 1. The number of benzene rings is 1. The molecule has 2 amide bonds.